The highest BCUT2D eigenvalue weighted by atomic mass is 15.3. The quantitative estimate of drug-likeness (QED) is 0.668. The number of hydrogen-bond acceptors (Lipinski definition) is 2. The largest absolute Gasteiger partial charge is 0.234 e. The minimum absolute atomic E-state index is 0.875. The molecule has 0 bridgehead atoms. The van der Waals surface area contributed by atoms with Crippen LogP contribution < -0.4 is 0 Å². The number of nitrogens with zero attached hydrogens (tertiary/aromatic N) is 3. The molecular weight excluding hydrogens is 294 g/mol. The van der Waals surface area contributed by atoms with Gasteiger partial charge in [0.05, 0.1) is 5.69 Å². The average molecular weight is 319 g/mol. The lowest BCUT2D eigenvalue weighted by Gasteiger charge is -2.04. The van der Waals surface area contributed by atoms with E-state index in [1.807, 2.05) is 11.4 Å². The van der Waals surface area contributed by atoms with E-state index in [0.717, 1.165) is 42.0 Å². The Bertz CT molecular complexity index is 870. The standard InChI is InChI=1S/C21H25N3/c1-5-7-8-17-9-11-18(12-10-17)14-19-20(6-2)23-24-16(4)13-15(3)22-21(19)24/h7-13H,5-6,14H2,1-4H3/b8-7+. The van der Waals surface area contributed by atoms with Gasteiger partial charge in [-0.25, -0.2) is 9.50 Å². The molecule has 0 saturated heterocycles. The molecule has 3 heteroatoms. The summed E-state index contributed by atoms with van der Waals surface area (Å²) in [5, 5.41) is 4.77. The van der Waals surface area contributed by atoms with Gasteiger partial charge in [0, 0.05) is 23.4 Å². The van der Waals surface area contributed by atoms with Gasteiger partial charge in [-0.05, 0) is 43.9 Å². The van der Waals surface area contributed by atoms with Crippen LogP contribution in [0.15, 0.2) is 36.4 Å². The van der Waals surface area contributed by atoms with Crippen LogP contribution in [0.3, 0.4) is 0 Å². The van der Waals surface area contributed by atoms with Crippen LogP contribution in [0, 0.1) is 13.8 Å². The number of allylic oxidation sites excluding steroid dienone is 1. The van der Waals surface area contributed by atoms with E-state index in [2.05, 4.69) is 63.3 Å². The summed E-state index contributed by atoms with van der Waals surface area (Å²) < 4.78 is 1.99. The summed E-state index contributed by atoms with van der Waals surface area (Å²) in [6.45, 7) is 8.45. The highest BCUT2D eigenvalue weighted by molar-refractivity contribution is 5.55. The molecule has 0 atom stereocenters. The van der Waals surface area contributed by atoms with Crippen LogP contribution in [0.5, 0.6) is 0 Å². The van der Waals surface area contributed by atoms with Crippen LogP contribution >= 0.6 is 0 Å². The summed E-state index contributed by atoms with van der Waals surface area (Å²) in [7, 11) is 0. The summed E-state index contributed by atoms with van der Waals surface area (Å²) in [6, 6.07) is 10.9. The lowest BCUT2D eigenvalue weighted by molar-refractivity contribution is 0.849. The van der Waals surface area contributed by atoms with Gasteiger partial charge in [0.1, 0.15) is 0 Å². The first kappa shape index (κ1) is 16.4. The van der Waals surface area contributed by atoms with E-state index in [4.69, 9.17) is 10.1 Å². The Morgan fingerprint density at radius 1 is 1.08 bits per heavy atom. The summed E-state index contributed by atoms with van der Waals surface area (Å²) in [6.07, 6.45) is 7.22. The number of fused-ring (bicyclic) bond motifs is 1. The van der Waals surface area contributed by atoms with Crippen LogP contribution in [0.2, 0.25) is 0 Å². The number of aryl methyl sites for hydroxylation is 3. The van der Waals surface area contributed by atoms with E-state index in [9.17, 15) is 0 Å². The van der Waals surface area contributed by atoms with Crippen molar-refractivity contribution in [2.75, 3.05) is 0 Å². The minimum Gasteiger partial charge on any atom is -0.234 e. The van der Waals surface area contributed by atoms with Crippen molar-refractivity contribution in [2.45, 2.75) is 47.0 Å². The van der Waals surface area contributed by atoms with Gasteiger partial charge in [0.15, 0.2) is 5.65 Å². The second-order valence-electron chi connectivity index (χ2n) is 6.28. The maximum Gasteiger partial charge on any atom is 0.159 e. The zero-order valence-electron chi connectivity index (χ0n) is 15.0. The molecule has 0 aliphatic heterocycles. The van der Waals surface area contributed by atoms with Gasteiger partial charge >= 0.3 is 0 Å². The van der Waals surface area contributed by atoms with E-state index >= 15 is 0 Å². The Labute approximate surface area is 144 Å². The monoisotopic (exact) mass is 319 g/mol. The Balaban J connectivity index is 1.98. The summed E-state index contributed by atoms with van der Waals surface area (Å²) >= 11 is 0. The molecule has 0 amide bonds. The van der Waals surface area contributed by atoms with Gasteiger partial charge in [-0.15, -0.1) is 0 Å². The third-order valence-electron chi connectivity index (χ3n) is 4.32. The molecule has 3 aromatic rings. The molecule has 0 radical (unpaired) electrons. The molecular formula is C21H25N3. The molecule has 0 spiro atoms. The average Bonchev–Trinajstić information content (AvgIpc) is 2.92. The molecule has 3 nitrogen and oxygen atoms in total. The summed E-state index contributed by atoms with van der Waals surface area (Å²) in [5.41, 5.74) is 8.13. The van der Waals surface area contributed by atoms with E-state index in [1.165, 1.54) is 16.7 Å². The Hall–Kier alpha value is -2.42. The maximum absolute atomic E-state index is 4.77. The van der Waals surface area contributed by atoms with Crippen molar-refractivity contribution in [2.24, 2.45) is 0 Å². The van der Waals surface area contributed by atoms with Crippen LogP contribution in [0.4, 0.5) is 0 Å². The fourth-order valence-electron chi connectivity index (χ4n) is 3.08. The van der Waals surface area contributed by atoms with Crippen LogP contribution in [0.1, 0.15) is 54.0 Å². The van der Waals surface area contributed by atoms with E-state index in [1.54, 1.807) is 0 Å². The van der Waals surface area contributed by atoms with Crippen molar-refractivity contribution in [3.63, 3.8) is 0 Å². The molecule has 124 valence electrons. The molecule has 24 heavy (non-hydrogen) atoms. The molecule has 0 fully saturated rings. The van der Waals surface area contributed by atoms with Crippen molar-refractivity contribution in [1.82, 2.24) is 14.6 Å². The molecule has 3 rings (SSSR count). The summed E-state index contributed by atoms with van der Waals surface area (Å²) in [4.78, 5) is 4.75. The first-order valence-corrected chi connectivity index (χ1v) is 8.72. The third-order valence-corrected chi connectivity index (χ3v) is 4.32. The van der Waals surface area contributed by atoms with Gasteiger partial charge in [0.25, 0.3) is 0 Å². The predicted molar refractivity (Wildman–Crippen MR) is 100 cm³/mol. The lowest BCUT2D eigenvalue weighted by Crippen LogP contribution is -1.98. The fraction of sp³-hybridized carbons (Fsp3) is 0.333. The Morgan fingerprint density at radius 2 is 1.83 bits per heavy atom. The fourth-order valence-corrected chi connectivity index (χ4v) is 3.08. The second-order valence-corrected chi connectivity index (χ2v) is 6.28. The normalized spacial score (nSPS) is 11.7. The number of aromatic nitrogens is 3. The highest BCUT2D eigenvalue weighted by Gasteiger charge is 2.15. The number of rotatable bonds is 5. The van der Waals surface area contributed by atoms with Gasteiger partial charge in [0.2, 0.25) is 0 Å². The van der Waals surface area contributed by atoms with Crippen molar-refractivity contribution in [1.29, 1.82) is 0 Å². The van der Waals surface area contributed by atoms with Crippen LogP contribution in [-0.2, 0) is 12.8 Å². The zero-order chi connectivity index (χ0) is 17.1. The van der Waals surface area contributed by atoms with Crippen molar-refractivity contribution >= 4 is 11.7 Å². The topological polar surface area (TPSA) is 30.2 Å². The Kier molecular flexibility index (Phi) is 4.79. The molecule has 0 unspecified atom stereocenters. The van der Waals surface area contributed by atoms with Crippen LogP contribution in [-0.4, -0.2) is 14.6 Å². The van der Waals surface area contributed by atoms with E-state index in [-0.39, 0.29) is 0 Å². The minimum atomic E-state index is 0.875. The molecule has 0 N–H and O–H groups in total. The van der Waals surface area contributed by atoms with Gasteiger partial charge in [-0.3, -0.25) is 0 Å². The molecule has 0 aliphatic carbocycles. The second kappa shape index (κ2) is 7.00. The predicted octanol–water partition coefficient (Wildman–Crippen LogP) is 4.92. The number of hydrogen-bond donors (Lipinski definition) is 0. The smallest absolute Gasteiger partial charge is 0.159 e. The maximum atomic E-state index is 4.77. The SMILES string of the molecule is CC/C=C/c1ccc(Cc2c(CC)nn3c(C)cc(C)nc23)cc1. The third kappa shape index (κ3) is 3.25. The van der Waals surface area contributed by atoms with Crippen molar-refractivity contribution < 1.29 is 0 Å². The van der Waals surface area contributed by atoms with Crippen LogP contribution in [0.25, 0.3) is 11.7 Å². The molecule has 2 heterocycles. The molecule has 2 aromatic heterocycles. The van der Waals surface area contributed by atoms with E-state index < -0.39 is 0 Å². The zero-order valence-corrected chi connectivity index (χ0v) is 15.0. The Morgan fingerprint density at radius 3 is 2.50 bits per heavy atom. The lowest BCUT2D eigenvalue weighted by atomic mass is 10.0. The van der Waals surface area contributed by atoms with Gasteiger partial charge in [-0.1, -0.05) is 50.3 Å². The molecule has 0 aliphatic rings. The highest BCUT2D eigenvalue weighted by Crippen LogP contribution is 2.21. The van der Waals surface area contributed by atoms with Gasteiger partial charge < -0.3 is 0 Å². The molecule has 0 saturated carbocycles. The first-order chi connectivity index (χ1) is 11.6. The first-order valence-electron chi connectivity index (χ1n) is 8.72. The van der Waals surface area contributed by atoms with Gasteiger partial charge in [-0.2, -0.15) is 5.10 Å². The summed E-state index contributed by atoms with van der Waals surface area (Å²) in [5.74, 6) is 0. The van der Waals surface area contributed by atoms with Crippen molar-refractivity contribution in [3.8, 4) is 0 Å². The van der Waals surface area contributed by atoms with E-state index in [0.29, 0.717) is 0 Å². The number of benzene rings is 1. The molecule has 1 aromatic carbocycles. The van der Waals surface area contributed by atoms with Crippen molar-refractivity contribution in [3.05, 3.63) is 70.2 Å².